The van der Waals surface area contributed by atoms with Gasteiger partial charge in [0.25, 0.3) is 0 Å². The number of carboxylic acid groups (broad SMARTS) is 1. The predicted octanol–water partition coefficient (Wildman–Crippen LogP) is 1.70. The van der Waals surface area contributed by atoms with E-state index in [2.05, 4.69) is 22.1 Å². The van der Waals surface area contributed by atoms with E-state index >= 15 is 0 Å². The van der Waals surface area contributed by atoms with Crippen LogP contribution in [0.2, 0.25) is 0 Å². The van der Waals surface area contributed by atoms with Gasteiger partial charge in [-0.2, -0.15) is 0 Å². The molecule has 0 saturated heterocycles. The summed E-state index contributed by atoms with van der Waals surface area (Å²) in [5.74, 6) is -0.452. The van der Waals surface area contributed by atoms with Gasteiger partial charge in [0.1, 0.15) is 5.82 Å². The highest BCUT2D eigenvalue weighted by Gasteiger charge is 2.20. The minimum absolute atomic E-state index is 0.0246. The fourth-order valence-electron chi connectivity index (χ4n) is 2.11. The van der Waals surface area contributed by atoms with Gasteiger partial charge in [-0.05, 0) is 11.1 Å². The Hall–Kier alpha value is -2.43. The summed E-state index contributed by atoms with van der Waals surface area (Å²) in [5.41, 5.74) is 2.48. The summed E-state index contributed by atoms with van der Waals surface area (Å²) in [7, 11) is 0. The highest BCUT2D eigenvalue weighted by Crippen LogP contribution is 2.26. The molecule has 0 fully saturated rings. The fraction of sp³-hybridized carbons (Fsp3) is 0.154. The number of carboxylic acids is 1. The predicted molar refractivity (Wildman–Crippen MR) is 65.3 cm³/mol. The van der Waals surface area contributed by atoms with Gasteiger partial charge < -0.3 is 10.0 Å². The second kappa shape index (κ2) is 4.10. The number of nitrogens with zero attached hydrogens (tertiary/aromatic N) is 3. The number of anilines is 1. The summed E-state index contributed by atoms with van der Waals surface area (Å²) < 4.78 is 0. The molecule has 0 spiro atoms. The Bertz CT molecular complexity index is 588. The van der Waals surface area contributed by atoms with Gasteiger partial charge in [-0.1, -0.05) is 24.3 Å². The number of rotatable bonds is 2. The van der Waals surface area contributed by atoms with Gasteiger partial charge in [0.15, 0.2) is 5.69 Å². The van der Waals surface area contributed by atoms with Crippen molar-refractivity contribution in [3.8, 4) is 0 Å². The number of hydrogen-bond donors (Lipinski definition) is 1. The topological polar surface area (TPSA) is 66.3 Å². The Kier molecular flexibility index (Phi) is 2.44. The Morgan fingerprint density at radius 3 is 2.44 bits per heavy atom. The Morgan fingerprint density at radius 1 is 1.17 bits per heavy atom. The second-order valence-corrected chi connectivity index (χ2v) is 4.19. The van der Waals surface area contributed by atoms with Gasteiger partial charge in [0.2, 0.25) is 0 Å². The molecule has 0 aliphatic carbocycles. The van der Waals surface area contributed by atoms with E-state index in [1.807, 2.05) is 17.0 Å². The highest BCUT2D eigenvalue weighted by atomic mass is 16.4. The first kappa shape index (κ1) is 10.7. The molecule has 2 aromatic rings. The van der Waals surface area contributed by atoms with Crippen LogP contribution in [-0.2, 0) is 13.1 Å². The number of carbonyl (C=O) groups is 1. The molecule has 0 radical (unpaired) electrons. The second-order valence-electron chi connectivity index (χ2n) is 4.19. The van der Waals surface area contributed by atoms with Crippen LogP contribution in [-0.4, -0.2) is 21.0 Å². The minimum Gasteiger partial charge on any atom is -0.476 e. The van der Waals surface area contributed by atoms with Gasteiger partial charge in [-0.25, -0.2) is 9.78 Å². The molecule has 5 nitrogen and oxygen atoms in total. The largest absolute Gasteiger partial charge is 0.476 e. The summed E-state index contributed by atoms with van der Waals surface area (Å²) in [4.78, 5) is 20.9. The lowest BCUT2D eigenvalue weighted by molar-refractivity contribution is 0.0690. The first-order valence-electron chi connectivity index (χ1n) is 5.61. The first-order valence-corrected chi connectivity index (χ1v) is 5.61. The number of hydrogen-bond acceptors (Lipinski definition) is 4. The molecule has 3 rings (SSSR count). The number of aromatic nitrogens is 2. The van der Waals surface area contributed by atoms with Crippen molar-refractivity contribution in [1.82, 2.24) is 9.97 Å². The van der Waals surface area contributed by atoms with Crippen LogP contribution in [0.25, 0.3) is 0 Å². The molecule has 1 N–H and O–H groups in total. The third-order valence-corrected chi connectivity index (χ3v) is 3.01. The van der Waals surface area contributed by atoms with Crippen LogP contribution >= 0.6 is 0 Å². The van der Waals surface area contributed by atoms with Crippen molar-refractivity contribution in [3.05, 3.63) is 53.5 Å². The fourth-order valence-corrected chi connectivity index (χ4v) is 2.11. The van der Waals surface area contributed by atoms with Crippen molar-refractivity contribution in [3.63, 3.8) is 0 Å². The van der Waals surface area contributed by atoms with Crippen molar-refractivity contribution in [2.24, 2.45) is 0 Å². The van der Waals surface area contributed by atoms with E-state index in [0.717, 1.165) is 13.1 Å². The van der Waals surface area contributed by atoms with Gasteiger partial charge in [-0.3, -0.25) is 4.98 Å². The maximum atomic E-state index is 10.9. The number of aromatic carboxylic acids is 1. The van der Waals surface area contributed by atoms with Crippen molar-refractivity contribution in [2.45, 2.75) is 13.1 Å². The smallest absolute Gasteiger partial charge is 0.356 e. The lowest BCUT2D eigenvalue weighted by Gasteiger charge is -2.15. The summed E-state index contributed by atoms with van der Waals surface area (Å²) >= 11 is 0. The van der Waals surface area contributed by atoms with Crippen LogP contribution in [0.3, 0.4) is 0 Å². The van der Waals surface area contributed by atoms with Gasteiger partial charge in [0.05, 0.1) is 12.4 Å². The van der Waals surface area contributed by atoms with Crippen LogP contribution in [0.5, 0.6) is 0 Å². The van der Waals surface area contributed by atoms with E-state index in [0.29, 0.717) is 5.82 Å². The Labute approximate surface area is 104 Å². The number of benzene rings is 1. The summed E-state index contributed by atoms with van der Waals surface area (Å²) in [6.45, 7) is 1.49. The number of fused-ring (bicyclic) bond motifs is 1. The highest BCUT2D eigenvalue weighted by molar-refractivity contribution is 5.85. The first-order chi connectivity index (χ1) is 8.74. The molecular formula is C13H11N3O2. The van der Waals surface area contributed by atoms with E-state index in [9.17, 15) is 4.79 Å². The molecule has 0 bridgehead atoms. The van der Waals surface area contributed by atoms with Crippen LogP contribution in [0, 0.1) is 0 Å². The van der Waals surface area contributed by atoms with E-state index in [4.69, 9.17) is 5.11 Å². The Balaban J connectivity index is 1.90. The third-order valence-electron chi connectivity index (χ3n) is 3.01. The zero-order valence-corrected chi connectivity index (χ0v) is 9.58. The van der Waals surface area contributed by atoms with Crippen molar-refractivity contribution < 1.29 is 9.90 Å². The van der Waals surface area contributed by atoms with E-state index in [-0.39, 0.29) is 5.69 Å². The SMILES string of the molecule is O=C(O)c1cncc(N2Cc3ccccc3C2)n1. The normalized spacial score (nSPS) is 13.4. The van der Waals surface area contributed by atoms with Crippen LogP contribution in [0.4, 0.5) is 5.82 Å². The van der Waals surface area contributed by atoms with Gasteiger partial charge >= 0.3 is 5.97 Å². The molecule has 90 valence electrons. The summed E-state index contributed by atoms with van der Waals surface area (Å²) in [6.07, 6.45) is 2.85. The molecule has 2 heterocycles. The molecule has 0 unspecified atom stereocenters. The lowest BCUT2D eigenvalue weighted by atomic mass is 10.1. The maximum absolute atomic E-state index is 10.9. The van der Waals surface area contributed by atoms with Crippen molar-refractivity contribution >= 4 is 11.8 Å². The standard InChI is InChI=1S/C13H11N3O2/c17-13(18)11-5-14-6-12(15-11)16-7-9-3-1-2-4-10(9)8-16/h1-6H,7-8H2,(H,17,18). The third kappa shape index (κ3) is 1.79. The van der Waals surface area contributed by atoms with Crippen molar-refractivity contribution in [1.29, 1.82) is 0 Å². The molecule has 0 saturated carbocycles. The average molecular weight is 241 g/mol. The van der Waals surface area contributed by atoms with Gasteiger partial charge in [0, 0.05) is 13.1 Å². The molecule has 1 aliphatic heterocycles. The monoisotopic (exact) mass is 241 g/mol. The molecule has 1 aliphatic rings. The molecule has 18 heavy (non-hydrogen) atoms. The summed E-state index contributed by atoms with van der Waals surface area (Å²) in [5, 5.41) is 8.90. The van der Waals surface area contributed by atoms with Crippen LogP contribution < -0.4 is 4.90 Å². The summed E-state index contributed by atoms with van der Waals surface area (Å²) in [6, 6.07) is 8.15. The molecule has 1 aromatic heterocycles. The van der Waals surface area contributed by atoms with Crippen molar-refractivity contribution in [2.75, 3.05) is 4.90 Å². The van der Waals surface area contributed by atoms with Crippen LogP contribution in [0.15, 0.2) is 36.7 Å². The quantitative estimate of drug-likeness (QED) is 0.866. The maximum Gasteiger partial charge on any atom is 0.356 e. The average Bonchev–Trinajstić information content (AvgIpc) is 2.82. The molecule has 1 aromatic carbocycles. The van der Waals surface area contributed by atoms with E-state index in [1.54, 1.807) is 6.20 Å². The molecule has 0 atom stereocenters. The van der Waals surface area contributed by atoms with Gasteiger partial charge in [-0.15, -0.1) is 0 Å². The minimum atomic E-state index is -1.05. The zero-order valence-electron chi connectivity index (χ0n) is 9.58. The van der Waals surface area contributed by atoms with E-state index < -0.39 is 5.97 Å². The molecule has 5 heteroatoms. The van der Waals surface area contributed by atoms with E-state index in [1.165, 1.54) is 17.3 Å². The lowest BCUT2D eigenvalue weighted by Crippen LogP contribution is -2.17. The molecular weight excluding hydrogens is 230 g/mol. The zero-order chi connectivity index (χ0) is 12.5. The molecule has 0 amide bonds. The Morgan fingerprint density at radius 2 is 1.83 bits per heavy atom. The van der Waals surface area contributed by atoms with Crippen LogP contribution in [0.1, 0.15) is 21.6 Å².